The summed E-state index contributed by atoms with van der Waals surface area (Å²) in [6, 6.07) is 4.01. The third-order valence-electron chi connectivity index (χ3n) is 3.68. The molecule has 158 valence electrons. The molecule has 5 nitrogen and oxygen atoms in total. The number of aromatic hydroxyl groups is 1. The molecule has 1 N–H and O–H groups in total. The van der Waals surface area contributed by atoms with Crippen molar-refractivity contribution in [2.75, 3.05) is 6.23 Å². The number of nitrogens with zero attached hydrogens (tertiary/aromatic N) is 1. The molecule has 2 rings (SSSR count). The molecule has 0 amide bonds. The number of phenolic OH excluding ortho intramolecular Hbond substituents is 1. The number of aromatic nitrogens is 1. The number of carbonyl (C=O) groups excluding carboxylic acids is 1. The van der Waals surface area contributed by atoms with Gasteiger partial charge in [0.05, 0.1) is 19.9 Å². The van der Waals surface area contributed by atoms with Crippen molar-refractivity contribution in [3.8, 4) is 22.8 Å². The molecule has 29 heavy (non-hydrogen) atoms. The van der Waals surface area contributed by atoms with Crippen LogP contribution >= 0.6 is 0 Å². The minimum Gasteiger partial charge on any atom is -0.504 e. The van der Waals surface area contributed by atoms with Crippen LogP contribution in [0.1, 0.15) is 12.5 Å². The van der Waals surface area contributed by atoms with E-state index in [1.807, 2.05) is 19.6 Å². The molecule has 0 aliphatic rings. The van der Waals surface area contributed by atoms with E-state index in [0.717, 1.165) is 6.07 Å². The van der Waals surface area contributed by atoms with Gasteiger partial charge in [-0.15, -0.1) is 0 Å². The summed E-state index contributed by atoms with van der Waals surface area (Å²) >= 11 is 0. The van der Waals surface area contributed by atoms with Crippen molar-refractivity contribution >= 4 is 14.0 Å². The quantitative estimate of drug-likeness (QED) is 0.404. The Bertz CT molecular complexity index is 897. The lowest BCUT2D eigenvalue weighted by Crippen LogP contribution is -2.34. The van der Waals surface area contributed by atoms with Gasteiger partial charge in [0, 0.05) is 11.8 Å². The number of rotatable bonds is 6. The normalized spacial score (nSPS) is 13.1. The molecule has 10 heteroatoms. The van der Waals surface area contributed by atoms with E-state index < -0.39 is 43.5 Å². The zero-order valence-corrected chi connectivity index (χ0v) is 17.3. The fourth-order valence-electron chi connectivity index (χ4n) is 2.21. The Balaban J connectivity index is 2.15. The van der Waals surface area contributed by atoms with Crippen LogP contribution in [0, 0.1) is 5.82 Å². The minimum atomic E-state index is -4.72. The van der Waals surface area contributed by atoms with Crippen molar-refractivity contribution in [2.24, 2.45) is 0 Å². The fourth-order valence-corrected chi connectivity index (χ4v) is 2.79. The third-order valence-corrected chi connectivity index (χ3v) is 4.69. The Hall–Kier alpha value is -2.62. The van der Waals surface area contributed by atoms with Crippen LogP contribution < -0.4 is 4.74 Å². The molecule has 1 heterocycles. The maximum atomic E-state index is 14.1. The lowest BCUT2D eigenvalue weighted by molar-refractivity contribution is -0.149. The topological polar surface area (TPSA) is 68.7 Å². The van der Waals surface area contributed by atoms with E-state index in [9.17, 15) is 27.5 Å². The first-order valence-electron chi connectivity index (χ1n) is 8.67. The highest BCUT2D eigenvalue weighted by Gasteiger charge is 2.32. The lowest BCUT2D eigenvalue weighted by Gasteiger charge is -2.19. The first kappa shape index (κ1) is 22.7. The first-order chi connectivity index (χ1) is 13.3. The van der Waals surface area contributed by atoms with E-state index in [4.69, 9.17) is 9.47 Å². The fraction of sp³-hybridized carbons (Fsp3) is 0.368. The van der Waals surface area contributed by atoms with Gasteiger partial charge >= 0.3 is 12.1 Å². The van der Waals surface area contributed by atoms with Crippen LogP contribution in [-0.4, -0.2) is 36.5 Å². The highest BCUT2D eigenvalue weighted by atomic mass is 28.3. The zero-order chi connectivity index (χ0) is 22.0. The van der Waals surface area contributed by atoms with Crippen molar-refractivity contribution in [2.45, 2.75) is 38.8 Å². The molecular weight excluding hydrogens is 410 g/mol. The number of benzene rings is 1. The van der Waals surface area contributed by atoms with E-state index in [1.54, 1.807) is 0 Å². The molecule has 2 aromatic rings. The molecule has 0 saturated carbocycles. The molecule has 0 bridgehead atoms. The van der Waals surface area contributed by atoms with Gasteiger partial charge in [0.15, 0.2) is 17.6 Å². The Morgan fingerprint density at radius 2 is 1.90 bits per heavy atom. The standard InChI is InChI=1S/C19H21F4NO4Si/c1-11(18(26)27-10-29(2,3)4)28-16-6-5-12(7-15(16)25)17-14(20)8-13(9-24-17)19(21,22)23/h5-9,11,25H,10H2,1-4H3/t11-/m1/s1. The van der Waals surface area contributed by atoms with Gasteiger partial charge < -0.3 is 14.6 Å². The maximum Gasteiger partial charge on any atom is 0.417 e. The number of halogens is 4. The molecule has 0 saturated heterocycles. The Morgan fingerprint density at radius 1 is 1.24 bits per heavy atom. The van der Waals surface area contributed by atoms with Crippen LogP contribution in [0.15, 0.2) is 30.5 Å². The molecule has 0 aliphatic heterocycles. The van der Waals surface area contributed by atoms with Gasteiger partial charge in [-0.1, -0.05) is 19.6 Å². The molecule has 0 aliphatic carbocycles. The summed E-state index contributed by atoms with van der Waals surface area (Å²) in [5.41, 5.74) is -1.52. The van der Waals surface area contributed by atoms with Crippen LogP contribution in [0.5, 0.6) is 11.5 Å². The number of pyridine rings is 1. The Kier molecular flexibility index (Phi) is 6.56. The van der Waals surface area contributed by atoms with Crippen molar-refractivity contribution in [3.63, 3.8) is 0 Å². The number of carbonyl (C=O) groups is 1. The second-order valence-corrected chi connectivity index (χ2v) is 13.1. The van der Waals surface area contributed by atoms with E-state index >= 15 is 0 Å². The Morgan fingerprint density at radius 3 is 2.41 bits per heavy atom. The predicted molar refractivity (Wildman–Crippen MR) is 101 cm³/mol. The maximum absolute atomic E-state index is 14.1. The number of alkyl halides is 3. The summed E-state index contributed by atoms with van der Waals surface area (Å²) in [6.45, 7) is 7.55. The van der Waals surface area contributed by atoms with Gasteiger partial charge in [-0.2, -0.15) is 13.2 Å². The summed E-state index contributed by atoms with van der Waals surface area (Å²) in [6.07, 6.45) is -4.88. The van der Waals surface area contributed by atoms with Crippen LogP contribution in [0.4, 0.5) is 17.6 Å². The molecule has 0 unspecified atom stereocenters. The minimum absolute atomic E-state index is 0.0510. The monoisotopic (exact) mass is 431 g/mol. The molecule has 1 atom stereocenters. The number of ether oxygens (including phenoxy) is 2. The van der Waals surface area contributed by atoms with E-state index in [1.165, 1.54) is 19.1 Å². The first-order valence-corrected chi connectivity index (χ1v) is 12.4. The van der Waals surface area contributed by atoms with E-state index in [-0.39, 0.29) is 17.0 Å². The van der Waals surface area contributed by atoms with Gasteiger partial charge in [-0.05, 0) is 31.2 Å². The lowest BCUT2D eigenvalue weighted by atomic mass is 10.1. The number of esters is 1. The van der Waals surface area contributed by atoms with Gasteiger partial charge in [-0.3, -0.25) is 4.98 Å². The van der Waals surface area contributed by atoms with Crippen LogP contribution in [0.25, 0.3) is 11.3 Å². The summed E-state index contributed by atoms with van der Waals surface area (Å²) < 4.78 is 62.5. The molecule has 1 aromatic heterocycles. The highest BCUT2D eigenvalue weighted by Crippen LogP contribution is 2.35. The Labute approximate surface area is 166 Å². The van der Waals surface area contributed by atoms with E-state index in [0.29, 0.717) is 18.5 Å². The smallest absolute Gasteiger partial charge is 0.417 e. The summed E-state index contributed by atoms with van der Waals surface area (Å²) in [4.78, 5) is 15.5. The molecule has 0 radical (unpaired) electrons. The predicted octanol–water partition coefficient (Wildman–Crippen LogP) is 4.80. The van der Waals surface area contributed by atoms with Gasteiger partial charge in [0.2, 0.25) is 0 Å². The van der Waals surface area contributed by atoms with Crippen molar-refractivity contribution in [1.29, 1.82) is 0 Å². The third kappa shape index (κ3) is 6.18. The average Bonchev–Trinajstić information content (AvgIpc) is 2.59. The molecular formula is C19H21F4NO4Si. The van der Waals surface area contributed by atoms with Gasteiger partial charge in [0.1, 0.15) is 11.5 Å². The van der Waals surface area contributed by atoms with Crippen LogP contribution in [0.3, 0.4) is 0 Å². The molecule has 0 fully saturated rings. The second-order valence-electron chi connectivity index (χ2n) is 7.66. The number of hydrogen-bond acceptors (Lipinski definition) is 5. The number of phenols is 1. The van der Waals surface area contributed by atoms with Gasteiger partial charge in [-0.25, -0.2) is 9.18 Å². The summed E-state index contributed by atoms with van der Waals surface area (Å²) in [5.74, 6) is -2.26. The SMILES string of the molecule is C[C@@H](Oc1ccc(-c2ncc(C(F)(F)F)cc2F)cc1O)C(=O)OC[Si](C)(C)C. The molecule has 1 aromatic carbocycles. The van der Waals surface area contributed by atoms with E-state index in [2.05, 4.69) is 4.98 Å². The van der Waals surface area contributed by atoms with Crippen molar-refractivity contribution in [3.05, 3.63) is 41.8 Å². The highest BCUT2D eigenvalue weighted by molar-refractivity contribution is 6.76. The zero-order valence-electron chi connectivity index (χ0n) is 16.3. The second kappa shape index (κ2) is 8.40. The number of hydrogen-bond donors (Lipinski definition) is 1. The van der Waals surface area contributed by atoms with Crippen molar-refractivity contribution < 1.29 is 36.9 Å². The van der Waals surface area contributed by atoms with Gasteiger partial charge in [0.25, 0.3) is 0 Å². The van der Waals surface area contributed by atoms with Crippen molar-refractivity contribution in [1.82, 2.24) is 4.98 Å². The largest absolute Gasteiger partial charge is 0.504 e. The van der Waals surface area contributed by atoms with Crippen LogP contribution in [0.2, 0.25) is 19.6 Å². The average molecular weight is 431 g/mol. The molecule has 0 spiro atoms. The summed E-state index contributed by atoms with van der Waals surface area (Å²) in [5, 5.41) is 10.1. The summed E-state index contributed by atoms with van der Waals surface area (Å²) in [7, 11) is -1.60. The van der Waals surface area contributed by atoms with Crippen LogP contribution in [-0.2, 0) is 15.7 Å².